The van der Waals surface area contributed by atoms with Gasteiger partial charge in [-0.2, -0.15) is 0 Å². The van der Waals surface area contributed by atoms with Gasteiger partial charge in [0.05, 0.1) is 14.2 Å². The molecule has 118 valence electrons. The molecule has 0 spiro atoms. The maximum atomic E-state index is 6.68. The van der Waals surface area contributed by atoms with Crippen LogP contribution >= 0.6 is 0 Å². The van der Waals surface area contributed by atoms with E-state index in [9.17, 15) is 0 Å². The van der Waals surface area contributed by atoms with E-state index in [2.05, 4.69) is 19.1 Å². The molecule has 1 aromatic rings. The largest absolute Gasteiger partial charge is 0.493 e. The van der Waals surface area contributed by atoms with Crippen LogP contribution in [-0.2, 0) is 6.42 Å². The Hall–Kier alpha value is -1.22. The molecule has 0 aliphatic heterocycles. The van der Waals surface area contributed by atoms with Gasteiger partial charge in [0.1, 0.15) is 0 Å². The fraction of sp³-hybridized carbons (Fsp3) is 0.667. The number of hydrogen-bond acceptors (Lipinski definition) is 3. The smallest absolute Gasteiger partial charge is 0.160 e. The lowest BCUT2D eigenvalue weighted by molar-refractivity contribution is 0.262. The van der Waals surface area contributed by atoms with Gasteiger partial charge in [-0.15, -0.1) is 0 Å². The SMILES string of the molecule is COc1ccc(CC(C)(N)C2CCCCCC2)cc1OC. The first-order valence-electron chi connectivity index (χ1n) is 8.06. The molecule has 1 aromatic carbocycles. The molecule has 1 fully saturated rings. The molecular formula is C18H29NO2. The topological polar surface area (TPSA) is 44.5 Å². The highest BCUT2D eigenvalue weighted by Crippen LogP contribution is 2.34. The molecule has 1 saturated carbocycles. The van der Waals surface area contributed by atoms with Crippen molar-refractivity contribution < 1.29 is 9.47 Å². The number of methoxy groups -OCH3 is 2. The summed E-state index contributed by atoms with van der Waals surface area (Å²) in [5.41, 5.74) is 7.76. The molecule has 0 saturated heterocycles. The monoisotopic (exact) mass is 291 g/mol. The number of hydrogen-bond donors (Lipinski definition) is 1. The molecular weight excluding hydrogens is 262 g/mol. The Morgan fingerprint density at radius 3 is 2.24 bits per heavy atom. The third-order valence-electron chi connectivity index (χ3n) is 4.82. The molecule has 1 atom stereocenters. The number of benzene rings is 1. The summed E-state index contributed by atoms with van der Waals surface area (Å²) in [6.07, 6.45) is 8.79. The quantitative estimate of drug-likeness (QED) is 0.836. The highest BCUT2D eigenvalue weighted by molar-refractivity contribution is 5.43. The predicted octanol–water partition coefficient (Wildman–Crippen LogP) is 3.93. The number of nitrogens with two attached hydrogens (primary N) is 1. The molecule has 1 aliphatic carbocycles. The van der Waals surface area contributed by atoms with E-state index < -0.39 is 0 Å². The van der Waals surface area contributed by atoms with Crippen molar-refractivity contribution in [1.82, 2.24) is 0 Å². The maximum absolute atomic E-state index is 6.68. The lowest BCUT2D eigenvalue weighted by Gasteiger charge is -2.34. The van der Waals surface area contributed by atoms with Crippen LogP contribution in [0.15, 0.2) is 18.2 Å². The lowest BCUT2D eigenvalue weighted by Crippen LogP contribution is -2.46. The normalized spacial score (nSPS) is 19.6. The predicted molar refractivity (Wildman–Crippen MR) is 87.0 cm³/mol. The van der Waals surface area contributed by atoms with Crippen LogP contribution in [0.2, 0.25) is 0 Å². The molecule has 2 N–H and O–H groups in total. The average Bonchev–Trinajstić information content (AvgIpc) is 2.76. The van der Waals surface area contributed by atoms with Gasteiger partial charge >= 0.3 is 0 Å². The minimum absolute atomic E-state index is 0.149. The third-order valence-corrected chi connectivity index (χ3v) is 4.82. The summed E-state index contributed by atoms with van der Waals surface area (Å²) in [6.45, 7) is 2.21. The zero-order valence-corrected chi connectivity index (χ0v) is 13.7. The summed E-state index contributed by atoms with van der Waals surface area (Å²) in [6, 6.07) is 6.13. The fourth-order valence-corrected chi connectivity index (χ4v) is 3.51. The van der Waals surface area contributed by atoms with Gasteiger partial charge in [0, 0.05) is 5.54 Å². The van der Waals surface area contributed by atoms with E-state index in [1.807, 2.05) is 6.07 Å². The Labute approximate surface area is 128 Å². The molecule has 1 unspecified atom stereocenters. The lowest BCUT2D eigenvalue weighted by atomic mass is 9.77. The minimum atomic E-state index is -0.149. The summed E-state index contributed by atoms with van der Waals surface area (Å²) in [5, 5.41) is 0. The summed E-state index contributed by atoms with van der Waals surface area (Å²) >= 11 is 0. The van der Waals surface area contributed by atoms with Gasteiger partial charge in [-0.05, 0) is 49.8 Å². The van der Waals surface area contributed by atoms with E-state index in [4.69, 9.17) is 15.2 Å². The first-order valence-corrected chi connectivity index (χ1v) is 8.06. The second-order valence-electron chi connectivity index (χ2n) is 6.56. The van der Waals surface area contributed by atoms with Crippen molar-refractivity contribution in [3.63, 3.8) is 0 Å². The standard InChI is InChI=1S/C18H29NO2/c1-18(19,15-8-6-4-5-7-9-15)13-14-10-11-16(20-2)17(12-14)21-3/h10-12,15H,4-9,13,19H2,1-3H3. The number of rotatable bonds is 5. The molecule has 0 bridgehead atoms. The molecule has 0 amide bonds. The Bertz CT molecular complexity index is 449. The third kappa shape index (κ3) is 4.13. The van der Waals surface area contributed by atoms with Crippen molar-refractivity contribution in [2.75, 3.05) is 14.2 Å². The van der Waals surface area contributed by atoms with E-state index in [1.165, 1.54) is 44.1 Å². The van der Waals surface area contributed by atoms with Gasteiger partial charge in [-0.1, -0.05) is 31.7 Å². The van der Waals surface area contributed by atoms with Crippen molar-refractivity contribution in [3.8, 4) is 11.5 Å². The van der Waals surface area contributed by atoms with Gasteiger partial charge in [0.25, 0.3) is 0 Å². The Balaban J connectivity index is 2.11. The van der Waals surface area contributed by atoms with Crippen LogP contribution in [0.25, 0.3) is 0 Å². The molecule has 3 nitrogen and oxygen atoms in total. The Kier molecular flexibility index (Phi) is 5.51. The Morgan fingerprint density at radius 1 is 1.05 bits per heavy atom. The number of ether oxygens (including phenoxy) is 2. The van der Waals surface area contributed by atoms with Gasteiger partial charge in [0.2, 0.25) is 0 Å². The molecule has 1 aliphatic rings. The van der Waals surface area contributed by atoms with Crippen LogP contribution in [0.1, 0.15) is 51.0 Å². The fourth-order valence-electron chi connectivity index (χ4n) is 3.51. The van der Waals surface area contributed by atoms with Gasteiger partial charge in [-0.25, -0.2) is 0 Å². The molecule has 3 heteroatoms. The summed E-state index contributed by atoms with van der Waals surface area (Å²) in [5.74, 6) is 2.18. The minimum Gasteiger partial charge on any atom is -0.493 e. The molecule has 0 heterocycles. The summed E-state index contributed by atoms with van der Waals surface area (Å²) in [7, 11) is 3.34. The van der Waals surface area contributed by atoms with Crippen LogP contribution in [0.3, 0.4) is 0 Å². The van der Waals surface area contributed by atoms with E-state index in [0.29, 0.717) is 5.92 Å². The van der Waals surface area contributed by atoms with Gasteiger partial charge in [0.15, 0.2) is 11.5 Å². The van der Waals surface area contributed by atoms with Crippen molar-refractivity contribution in [2.45, 2.75) is 57.4 Å². The molecule has 21 heavy (non-hydrogen) atoms. The zero-order chi connectivity index (χ0) is 15.3. The van der Waals surface area contributed by atoms with E-state index in [-0.39, 0.29) is 5.54 Å². The average molecular weight is 291 g/mol. The highest BCUT2D eigenvalue weighted by Gasteiger charge is 2.30. The van der Waals surface area contributed by atoms with Crippen LogP contribution in [-0.4, -0.2) is 19.8 Å². The van der Waals surface area contributed by atoms with Gasteiger partial charge in [-0.3, -0.25) is 0 Å². The van der Waals surface area contributed by atoms with Crippen molar-refractivity contribution >= 4 is 0 Å². The van der Waals surface area contributed by atoms with Crippen molar-refractivity contribution in [2.24, 2.45) is 11.7 Å². The van der Waals surface area contributed by atoms with Crippen LogP contribution in [0, 0.1) is 5.92 Å². The molecule has 0 aromatic heterocycles. The molecule has 2 rings (SSSR count). The first kappa shape index (κ1) is 16.2. The van der Waals surface area contributed by atoms with E-state index in [1.54, 1.807) is 14.2 Å². The highest BCUT2D eigenvalue weighted by atomic mass is 16.5. The first-order chi connectivity index (χ1) is 10.1. The molecule has 0 radical (unpaired) electrons. The van der Waals surface area contributed by atoms with Crippen LogP contribution in [0.4, 0.5) is 0 Å². The van der Waals surface area contributed by atoms with Crippen LogP contribution < -0.4 is 15.2 Å². The summed E-state index contributed by atoms with van der Waals surface area (Å²) in [4.78, 5) is 0. The second-order valence-corrected chi connectivity index (χ2v) is 6.56. The Morgan fingerprint density at radius 2 is 1.67 bits per heavy atom. The van der Waals surface area contributed by atoms with E-state index in [0.717, 1.165) is 17.9 Å². The summed E-state index contributed by atoms with van der Waals surface area (Å²) < 4.78 is 10.7. The van der Waals surface area contributed by atoms with Gasteiger partial charge < -0.3 is 15.2 Å². The maximum Gasteiger partial charge on any atom is 0.160 e. The zero-order valence-electron chi connectivity index (χ0n) is 13.7. The van der Waals surface area contributed by atoms with Crippen LogP contribution in [0.5, 0.6) is 11.5 Å². The second kappa shape index (κ2) is 7.17. The van der Waals surface area contributed by atoms with Crippen molar-refractivity contribution in [1.29, 1.82) is 0 Å². The van der Waals surface area contributed by atoms with E-state index >= 15 is 0 Å². The van der Waals surface area contributed by atoms with Crippen molar-refractivity contribution in [3.05, 3.63) is 23.8 Å².